The van der Waals surface area contributed by atoms with E-state index >= 15 is 0 Å². The summed E-state index contributed by atoms with van der Waals surface area (Å²) >= 11 is 0. The second kappa shape index (κ2) is 4.00. The molecule has 0 spiro atoms. The van der Waals surface area contributed by atoms with Crippen LogP contribution in [0.15, 0.2) is 6.20 Å². The van der Waals surface area contributed by atoms with Gasteiger partial charge in [0.25, 0.3) is 0 Å². The standard InChI is InChI=1S/C10H18N4/c1-8-10(7-14(2)13-8)12-6-9-4-3-5-11-9/h7,9,11-12H,3-6H2,1-2H3. The highest BCUT2D eigenvalue weighted by Gasteiger charge is 2.13. The van der Waals surface area contributed by atoms with Gasteiger partial charge in [-0.1, -0.05) is 0 Å². The van der Waals surface area contributed by atoms with E-state index in [1.807, 2.05) is 24.9 Å². The molecule has 78 valence electrons. The Balaban J connectivity index is 1.87. The van der Waals surface area contributed by atoms with Crippen LogP contribution in [0.1, 0.15) is 18.5 Å². The summed E-state index contributed by atoms with van der Waals surface area (Å²) < 4.78 is 1.85. The van der Waals surface area contributed by atoms with E-state index in [1.165, 1.54) is 19.4 Å². The Bertz CT molecular complexity index is 299. The maximum absolute atomic E-state index is 4.29. The van der Waals surface area contributed by atoms with Gasteiger partial charge in [0.15, 0.2) is 0 Å². The number of aryl methyl sites for hydroxylation is 2. The van der Waals surface area contributed by atoms with Gasteiger partial charge in [0, 0.05) is 25.8 Å². The summed E-state index contributed by atoms with van der Waals surface area (Å²) in [6.07, 6.45) is 4.62. The van der Waals surface area contributed by atoms with Crippen molar-refractivity contribution < 1.29 is 0 Å². The van der Waals surface area contributed by atoms with E-state index in [0.29, 0.717) is 6.04 Å². The third-order valence-electron chi connectivity index (χ3n) is 2.71. The first kappa shape index (κ1) is 9.52. The molecule has 0 bridgehead atoms. The van der Waals surface area contributed by atoms with Gasteiger partial charge in [0.2, 0.25) is 0 Å². The van der Waals surface area contributed by atoms with Crippen molar-refractivity contribution in [1.29, 1.82) is 0 Å². The van der Waals surface area contributed by atoms with Crippen LogP contribution in [0.4, 0.5) is 5.69 Å². The zero-order valence-corrected chi connectivity index (χ0v) is 8.88. The second-order valence-electron chi connectivity index (χ2n) is 3.98. The number of hydrogen-bond donors (Lipinski definition) is 2. The second-order valence-corrected chi connectivity index (χ2v) is 3.98. The Hall–Kier alpha value is -1.03. The quantitative estimate of drug-likeness (QED) is 0.751. The fourth-order valence-electron chi connectivity index (χ4n) is 1.94. The van der Waals surface area contributed by atoms with Crippen molar-refractivity contribution in [2.75, 3.05) is 18.4 Å². The van der Waals surface area contributed by atoms with Gasteiger partial charge in [-0.2, -0.15) is 5.10 Å². The van der Waals surface area contributed by atoms with Crippen LogP contribution in [0.3, 0.4) is 0 Å². The lowest BCUT2D eigenvalue weighted by atomic mass is 10.2. The molecule has 1 aliphatic heterocycles. The minimum atomic E-state index is 0.634. The Morgan fingerprint density at radius 2 is 2.57 bits per heavy atom. The van der Waals surface area contributed by atoms with Gasteiger partial charge in [-0.15, -0.1) is 0 Å². The summed E-state index contributed by atoms with van der Waals surface area (Å²) in [5.41, 5.74) is 2.23. The highest BCUT2D eigenvalue weighted by molar-refractivity contribution is 5.45. The molecule has 2 N–H and O–H groups in total. The van der Waals surface area contributed by atoms with E-state index in [2.05, 4.69) is 15.7 Å². The van der Waals surface area contributed by atoms with Crippen LogP contribution < -0.4 is 10.6 Å². The Kier molecular flexibility index (Phi) is 2.72. The molecule has 1 atom stereocenters. The van der Waals surface area contributed by atoms with Gasteiger partial charge in [-0.05, 0) is 26.3 Å². The smallest absolute Gasteiger partial charge is 0.0824 e. The van der Waals surface area contributed by atoms with Crippen molar-refractivity contribution in [3.8, 4) is 0 Å². The lowest BCUT2D eigenvalue weighted by molar-refractivity contribution is 0.633. The van der Waals surface area contributed by atoms with E-state index < -0.39 is 0 Å². The average Bonchev–Trinajstić information content (AvgIpc) is 2.72. The lowest BCUT2D eigenvalue weighted by Gasteiger charge is -2.11. The van der Waals surface area contributed by atoms with Crippen molar-refractivity contribution in [3.63, 3.8) is 0 Å². The first-order chi connectivity index (χ1) is 6.75. The maximum Gasteiger partial charge on any atom is 0.0824 e. The molecule has 1 unspecified atom stereocenters. The van der Waals surface area contributed by atoms with E-state index in [1.54, 1.807) is 0 Å². The molecule has 0 aliphatic carbocycles. The van der Waals surface area contributed by atoms with E-state index in [9.17, 15) is 0 Å². The van der Waals surface area contributed by atoms with E-state index in [0.717, 1.165) is 17.9 Å². The molecule has 0 aromatic carbocycles. The molecule has 1 aromatic rings. The zero-order valence-electron chi connectivity index (χ0n) is 8.88. The number of nitrogens with one attached hydrogen (secondary N) is 2. The van der Waals surface area contributed by atoms with Crippen LogP contribution in [0, 0.1) is 6.92 Å². The lowest BCUT2D eigenvalue weighted by Crippen LogP contribution is -2.29. The minimum absolute atomic E-state index is 0.634. The Labute approximate surface area is 84.7 Å². The number of rotatable bonds is 3. The van der Waals surface area contributed by atoms with Gasteiger partial charge in [-0.25, -0.2) is 0 Å². The van der Waals surface area contributed by atoms with Crippen molar-refractivity contribution >= 4 is 5.69 Å². The molecular weight excluding hydrogens is 176 g/mol. The predicted octanol–water partition coefficient (Wildman–Crippen LogP) is 0.892. The first-order valence-corrected chi connectivity index (χ1v) is 5.23. The first-order valence-electron chi connectivity index (χ1n) is 5.23. The molecule has 14 heavy (non-hydrogen) atoms. The van der Waals surface area contributed by atoms with Crippen LogP contribution in [0.5, 0.6) is 0 Å². The molecule has 0 amide bonds. The summed E-state index contributed by atoms with van der Waals surface area (Å²) in [5, 5.41) is 11.2. The third kappa shape index (κ3) is 2.07. The molecular formula is C10H18N4. The fourth-order valence-corrected chi connectivity index (χ4v) is 1.94. The highest BCUT2D eigenvalue weighted by Crippen LogP contribution is 2.12. The third-order valence-corrected chi connectivity index (χ3v) is 2.71. The summed E-state index contributed by atoms with van der Waals surface area (Å²) in [4.78, 5) is 0. The largest absolute Gasteiger partial charge is 0.381 e. The molecule has 1 aliphatic rings. The summed E-state index contributed by atoms with van der Waals surface area (Å²) in [6, 6.07) is 0.634. The minimum Gasteiger partial charge on any atom is -0.381 e. The normalized spacial score (nSPS) is 21.4. The summed E-state index contributed by atoms with van der Waals surface area (Å²) in [6.45, 7) is 4.20. The Morgan fingerprint density at radius 3 is 3.14 bits per heavy atom. The molecule has 4 nitrogen and oxygen atoms in total. The van der Waals surface area contributed by atoms with E-state index in [4.69, 9.17) is 0 Å². The van der Waals surface area contributed by atoms with E-state index in [-0.39, 0.29) is 0 Å². The van der Waals surface area contributed by atoms with Crippen LogP contribution in [-0.4, -0.2) is 28.9 Å². The van der Waals surface area contributed by atoms with Gasteiger partial charge in [0.1, 0.15) is 0 Å². The molecule has 1 saturated heterocycles. The van der Waals surface area contributed by atoms with Crippen LogP contribution in [0.25, 0.3) is 0 Å². The predicted molar refractivity (Wildman–Crippen MR) is 57.5 cm³/mol. The molecule has 1 aromatic heterocycles. The average molecular weight is 194 g/mol. The van der Waals surface area contributed by atoms with Crippen LogP contribution in [-0.2, 0) is 7.05 Å². The molecule has 2 heterocycles. The molecule has 4 heteroatoms. The van der Waals surface area contributed by atoms with Crippen molar-refractivity contribution in [2.24, 2.45) is 7.05 Å². The number of aromatic nitrogens is 2. The van der Waals surface area contributed by atoms with Crippen molar-refractivity contribution in [2.45, 2.75) is 25.8 Å². The van der Waals surface area contributed by atoms with Gasteiger partial charge in [-0.3, -0.25) is 4.68 Å². The molecule has 0 radical (unpaired) electrons. The van der Waals surface area contributed by atoms with Crippen molar-refractivity contribution in [3.05, 3.63) is 11.9 Å². The maximum atomic E-state index is 4.29. The molecule has 1 fully saturated rings. The monoisotopic (exact) mass is 194 g/mol. The van der Waals surface area contributed by atoms with Gasteiger partial charge in [0.05, 0.1) is 11.4 Å². The van der Waals surface area contributed by atoms with Crippen LogP contribution >= 0.6 is 0 Å². The molecule has 2 rings (SSSR count). The highest BCUT2D eigenvalue weighted by atomic mass is 15.3. The zero-order chi connectivity index (χ0) is 9.97. The topological polar surface area (TPSA) is 41.9 Å². The SMILES string of the molecule is Cc1nn(C)cc1NCC1CCCN1. The number of nitrogens with zero attached hydrogens (tertiary/aromatic N) is 2. The van der Waals surface area contributed by atoms with Crippen LogP contribution in [0.2, 0.25) is 0 Å². The number of anilines is 1. The van der Waals surface area contributed by atoms with Gasteiger partial charge < -0.3 is 10.6 Å². The molecule has 0 saturated carbocycles. The van der Waals surface area contributed by atoms with Crippen molar-refractivity contribution in [1.82, 2.24) is 15.1 Å². The Morgan fingerprint density at radius 1 is 1.71 bits per heavy atom. The summed E-state index contributed by atoms with van der Waals surface area (Å²) in [7, 11) is 1.95. The number of hydrogen-bond acceptors (Lipinski definition) is 3. The fraction of sp³-hybridized carbons (Fsp3) is 0.700. The van der Waals surface area contributed by atoms with Gasteiger partial charge >= 0.3 is 0 Å². The summed E-state index contributed by atoms with van der Waals surface area (Å²) in [5.74, 6) is 0.